The minimum absolute atomic E-state index is 0.195. The van der Waals surface area contributed by atoms with Crippen molar-refractivity contribution in [1.82, 2.24) is 10.0 Å². The van der Waals surface area contributed by atoms with Crippen molar-refractivity contribution in [3.63, 3.8) is 0 Å². The van der Waals surface area contributed by atoms with E-state index in [9.17, 15) is 8.42 Å². The van der Waals surface area contributed by atoms with Crippen molar-refractivity contribution in [2.45, 2.75) is 19.4 Å². The molecule has 0 radical (unpaired) electrons. The molecule has 5 nitrogen and oxygen atoms in total. The van der Waals surface area contributed by atoms with E-state index in [0.717, 1.165) is 25.9 Å². The average molecular weight is 258 g/mol. The molecule has 1 aliphatic rings. The van der Waals surface area contributed by atoms with E-state index in [4.69, 9.17) is 4.42 Å². The Morgan fingerprint density at radius 3 is 3.06 bits per heavy atom. The molecule has 0 aromatic carbocycles. The molecule has 1 fully saturated rings. The lowest BCUT2D eigenvalue weighted by Gasteiger charge is -2.22. The van der Waals surface area contributed by atoms with Crippen molar-refractivity contribution in [2.24, 2.45) is 5.92 Å². The van der Waals surface area contributed by atoms with Crippen LogP contribution in [0.4, 0.5) is 0 Å². The van der Waals surface area contributed by atoms with E-state index in [-0.39, 0.29) is 18.2 Å². The molecule has 1 aromatic heterocycles. The number of furan rings is 1. The van der Waals surface area contributed by atoms with E-state index in [2.05, 4.69) is 10.0 Å². The van der Waals surface area contributed by atoms with Crippen molar-refractivity contribution in [3.8, 4) is 0 Å². The number of nitrogens with one attached hydrogen (secondary N) is 2. The van der Waals surface area contributed by atoms with Gasteiger partial charge < -0.3 is 9.73 Å². The largest absolute Gasteiger partial charge is 0.468 e. The van der Waals surface area contributed by atoms with Gasteiger partial charge in [0.1, 0.15) is 5.76 Å². The summed E-state index contributed by atoms with van der Waals surface area (Å²) in [4.78, 5) is 0. The number of piperidine rings is 1. The van der Waals surface area contributed by atoms with Gasteiger partial charge in [0.05, 0.1) is 18.6 Å². The van der Waals surface area contributed by atoms with Crippen LogP contribution in [0.15, 0.2) is 22.8 Å². The maximum atomic E-state index is 11.8. The van der Waals surface area contributed by atoms with Crippen LogP contribution >= 0.6 is 0 Å². The van der Waals surface area contributed by atoms with Gasteiger partial charge in [-0.05, 0) is 44.0 Å². The molecule has 0 spiro atoms. The molecular formula is C11H18N2O3S. The van der Waals surface area contributed by atoms with Crippen LogP contribution in [0.3, 0.4) is 0 Å². The fourth-order valence-corrected chi connectivity index (χ4v) is 3.41. The first-order chi connectivity index (χ1) is 8.16. The van der Waals surface area contributed by atoms with Gasteiger partial charge in [-0.15, -0.1) is 0 Å². The lowest BCUT2D eigenvalue weighted by molar-refractivity contribution is 0.402. The fraction of sp³-hybridized carbons (Fsp3) is 0.636. The number of sulfonamides is 1. The molecule has 17 heavy (non-hydrogen) atoms. The second-order valence-corrected chi connectivity index (χ2v) is 6.25. The zero-order chi connectivity index (χ0) is 12.1. The van der Waals surface area contributed by atoms with Gasteiger partial charge in [-0.3, -0.25) is 0 Å². The fourth-order valence-electron chi connectivity index (χ4n) is 2.03. The molecule has 2 rings (SSSR count). The predicted molar refractivity (Wildman–Crippen MR) is 64.9 cm³/mol. The van der Waals surface area contributed by atoms with E-state index in [1.807, 2.05) is 0 Å². The molecule has 0 saturated carbocycles. The van der Waals surface area contributed by atoms with Crippen molar-refractivity contribution in [2.75, 3.05) is 18.8 Å². The van der Waals surface area contributed by atoms with Gasteiger partial charge in [-0.25, -0.2) is 13.1 Å². The normalized spacial score (nSPS) is 21.5. The Morgan fingerprint density at radius 1 is 1.53 bits per heavy atom. The second-order valence-electron chi connectivity index (χ2n) is 4.39. The summed E-state index contributed by atoms with van der Waals surface area (Å²) in [5.41, 5.74) is 0. The zero-order valence-electron chi connectivity index (χ0n) is 9.69. The van der Waals surface area contributed by atoms with Gasteiger partial charge in [-0.1, -0.05) is 0 Å². The van der Waals surface area contributed by atoms with Crippen LogP contribution < -0.4 is 10.0 Å². The average Bonchev–Trinajstić information content (AvgIpc) is 2.80. The maximum Gasteiger partial charge on any atom is 0.212 e. The Bertz CT molecular complexity index is 422. The van der Waals surface area contributed by atoms with Crippen molar-refractivity contribution < 1.29 is 12.8 Å². The summed E-state index contributed by atoms with van der Waals surface area (Å²) < 4.78 is 31.3. The van der Waals surface area contributed by atoms with Gasteiger partial charge in [0.25, 0.3) is 0 Å². The lowest BCUT2D eigenvalue weighted by Crippen LogP contribution is -2.37. The molecule has 1 saturated heterocycles. The highest BCUT2D eigenvalue weighted by Crippen LogP contribution is 2.12. The Labute approximate surface area is 102 Å². The molecule has 1 aliphatic heterocycles. The smallest absolute Gasteiger partial charge is 0.212 e. The molecule has 0 bridgehead atoms. The van der Waals surface area contributed by atoms with E-state index < -0.39 is 10.0 Å². The molecule has 2 N–H and O–H groups in total. The molecule has 2 heterocycles. The second kappa shape index (κ2) is 5.66. The summed E-state index contributed by atoms with van der Waals surface area (Å²) in [6, 6.07) is 3.50. The first kappa shape index (κ1) is 12.6. The summed E-state index contributed by atoms with van der Waals surface area (Å²) in [7, 11) is -3.21. The molecule has 1 unspecified atom stereocenters. The maximum absolute atomic E-state index is 11.8. The van der Waals surface area contributed by atoms with Crippen LogP contribution in [0.25, 0.3) is 0 Å². The van der Waals surface area contributed by atoms with E-state index >= 15 is 0 Å². The number of hydrogen-bond donors (Lipinski definition) is 2. The molecule has 1 aromatic rings. The Hall–Kier alpha value is -0.850. The monoisotopic (exact) mass is 258 g/mol. The Kier molecular flexibility index (Phi) is 4.20. The van der Waals surface area contributed by atoms with Crippen LogP contribution in [-0.4, -0.2) is 27.3 Å². The van der Waals surface area contributed by atoms with E-state index in [0.29, 0.717) is 5.76 Å². The van der Waals surface area contributed by atoms with Crippen LogP contribution in [0.5, 0.6) is 0 Å². The summed E-state index contributed by atoms with van der Waals surface area (Å²) in [6.45, 7) is 2.02. The highest BCUT2D eigenvalue weighted by Gasteiger charge is 2.20. The van der Waals surface area contributed by atoms with Gasteiger partial charge >= 0.3 is 0 Å². The summed E-state index contributed by atoms with van der Waals surface area (Å²) in [5, 5.41) is 3.22. The molecule has 0 amide bonds. The molecular weight excluding hydrogens is 240 g/mol. The lowest BCUT2D eigenvalue weighted by atomic mass is 10.0. The summed E-state index contributed by atoms with van der Waals surface area (Å²) in [6.07, 6.45) is 3.57. The SMILES string of the molecule is O=S(=O)(CC1CCCNC1)NCc1ccco1. The molecule has 1 atom stereocenters. The minimum atomic E-state index is -3.21. The van der Waals surface area contributed by atoms with Gasteiger partial charge in [-0.2, -0.15) is 0 Å². The van der Waals surface area contributed by atoms with Gasteiger partial charge in [0.15, 0.2) is 0 Å². The highest BCUT2D eigenvalue weighted by molar-refractivity contribution is 7.89. The summed E-state index contributed by atoms with van der Waals surface area (Å²) >= 11 is 0. The van der Waals surface area contributed by atoms with Crippen molar-refractivity contribution >= 4 is 10.0 Å². The molecule has 6 heteroatoms. The Balaban J connectivity index is 1.81. The van der Waals surface area contributed by atoms with Gasteiger partial charge in [0.2, 0.25) is 10.0 Å². The molecule has 96 valence electrons. The topological polar surface area (TPSA) is 71.3 Å². The Morgan fingerprint density at radius 2 is 2.41 bits per heavy atom. The third-order valence-corrected chi connectivity index (χ3v) is 4.39. The van der Waals surface area contributed by atoms with Crippen LogP contribution in [-0.2, 0) is 16.6 Å². The minimum Gasteiger partial charge on any atom is -0.468 e. The van der Waals surface area contributed by atoms with E-state index in [1.54, 1.807) is 12.1 Å². The standard InChI is InChI=1S/C11H18N2O3S/c14-17(15,9-10-3-1-5-12-7-10)13-8-11-4-2-6-16-11/h2,4,6,10,12-13H,1,3,5,7-9H2. The van der Waals surface area contributed by atoms with Gasteiger partial charge in [0, 0.05) is 0 Å². The quantitative estimate of drug-likeness (QED) is 0.815. The third kappa shape index (κ3) is 4.14. The summed E-state index contributed by atoms with van der Waals surface area (Å²) in [5.74, 6) is 1.05. The predicted octanol–water partition coefficient (Wildman–Crippen LogP) is 0.699. The van der Waals surface area contributed by atoms with Crippen LogP contribution in [0.2, 0.25) is 0 Å². The highest BCUT2D eigenvalue weighted by atomic mass is 32.2. The molecule has 0 aliphatic carbocycles. The number of rotatable bonds is 5. The van der Waals surface area contributed by atoms with Crippen LogP contribution in [0, 0.1) is 5.92 Å². The third-order valence-electron chi connectivity index (χ3n) is 2.90. The van der Waals surface area contributed by atoms with E-state index in [1.165, 1.54) is 6.26 Å². The zero-order valence-corrected chi connectivity index (χ0v) is 10.5. The van der Waals surface area contributed by atoms with Crippen LogP contribution in [0.1, 0.15) is 18.6 Å². The first-order valence-electron chi connectivity index (χ1n) is 5.86. The first-order valence-corrected chi connectivity index (χ1v) is 7.51. The van der Waals surface area contributed by atoms with Crippen molar-refractivity contribution in [3.05, 3.63) is 24.2 Å². The number of hydrogen-bond acceptors (Lipinski definition) is 4. The van der Waals surface area contributed by atoms with Crippen molar-refractivity contribution in [1.29, 1.82) is 0 Å².